The van der Waals surface area contributed by atoms with E-state index in [1.807, 2.05) is 0 Å². The maximum absolute atomic E-state index is 13.1. The molecule has 1 heterocycles. The van der Waals surface area contributed by atoms with E-state index in [9.17, 15) is 18.4 Å². The quantitative estimate of drug-likeness (QED) is 0.907. The normalized spacial score (nSPS) is 15.7. The molecule has 7 heteroatoms. The predicted molar refractivity (Wildman–Crippen MR) is 70.8 cm³/mol. The topological polar surface area (TPSA) is 58.6 Å². The highest BCUT2D eigenvalue weighted by molar-refractivity contribution is 5.94. The first-order valence-electron chi connectivity index (χ1n) is 6.60. The maximum Gasteiger partial charge on any atom is 0.407 e. The van der Waals surface area contributed by atoms with Gasteiger partial charge in [-0.05, 0) is 31.0 Å². The molecule has 0 bridgehead atoms. The third-order valence-corrected chi connectivity index (χ3v) is 3.46. The largest absolute Gasteiger partial charge is 0.453 e. The fraction of sp³-hybridized carbons (Fsp3) is 0.429. The monoisotopic (exact) mass is 298 g/mol. The Balaban J connectivity index is 1.93. The van der Waals surface area contributed by atoms with Crippen molar-refractivity contribution in [3.8, 4) is 0 Å². The highest BCUT2D eigenvalue weighted by Crippen LogP contribution is 2.16. The number of nitrogens with one attached hydrogen (secondary N) is 1. The van der Waals surface area contributed by atoms with Crippen molar-refractivity contribution in [2.45, 2.75) is 18.9 Å². The van der Waals surface area contributed by atoms with E-state index in [2.05, 4.69) is 10.1 Å². The molecule has 0 spiro atoms. The van der Waals surface area contributed by atoms with Gasteiger partial charge >= 0.3 is 6.09 Å². The van der Waals surface area contributed by atoms with Crippen LogP contribution in [-0.2, 0) is 4.74 Å². The minimum Gasteiger partial charge on any atom is -0.453 e. The Labute approximate surface area is 120 Å². The molecule has 1 aliphatic rings. The third kappa shape index (κ3) is 3.68. The van der Waals surface area contributed by atoms with Gasteiger partial charge in [0.05, 0.1) is 7.11 Å². The molecule has 21 heavy (non-hydrogen) atoms. The van der Waals surface area contributed by atoms with E-state index >= 15 is 0 Å². The molecule has 1 saturated heterocycles. The number of carbonyl (C=O) groups excluding carboxylic acids is 2. The van der Waals surface area contributed by atoms with Gasteiger partial charge in [-0.3, -0.25) is 4.79 Å². The number of halogens is 2. The van der Waals surface area contributed by atoms with Crippen molar-refractivity contribution in [3.05, 3.63) is 35.4 Å². The van der Waals surface area contributed by atoms with Gasteiger partial charge in [-0.1, -0.05) is 0 Å². The fourth-order valence-electron chi connectivity index (χ4n) is 2.26. The molecule has 5 nitrogen and oxygen atoms in total. The van der Waals surface area contributed by atoms with E-state index < -0.39 is 17.7 Å². The van der Waals surface area contributed by atoms with E-state index in [-0.39, 0.29) is 17.5 Å². The van der Waals surface area contributed by atoms with Crippen molar-refractivity contribution < 1.29 is 23.1 Å². The van der Waals surface area contributed by atoms with E-state index in [0.717, 1.165) is 12.1 Å². The molecule has 1 aliphatic heterocycles. The van der Waals surface area contributed by atoms with Crippen LogP contribution in [-0.4, -0.2) is 43.1 Å². The Morgan fingerprint density at radius 2 is 1.90 bits per heavy atom. The Morgan fingerprint density at radius 3 is 2.48 bits per heavy atom. The molecule has 1 fully saturated rings. The molecule has 0 aromatic heterocycles. The smallest absolute Gasteiger partial charge is 0.407 e. The molecule has 0 atom stereocenters. The number of alkyl carbamates (subject to hydrolysis) is 1. The van der Waals surface area contributed by atoms with Crippen LogP contribution in [0.15, 0.2) is 18.2 Å². The molecule has 2 rings (SSSR count). The number of nitrogens with zero attached hydrogens (tertiary/aromatic N) is 1. The van der Waals surface area contributed by atoms with Crippen molar-refractivity contribution in [1.29, 1.82) is 0 Å². The standard InChI is InChI=1S/C14H16F2N2O3/c1-21-14(20)17-10-4-6-18(7-5-10)13(19)9-2-3-11(15)12(16)8-9/h2-3,8,10H,4-7H2,1H3,(H,17,20). The Hall–Kier alpha value is -2.18. The van der Waals surface area contributed by atoms with Gasteiger partial charge in [0, 0.05) is 24.7 Å². The van der Waals surface area contributed by atoms with Crippen LogP contribution in [0.4, 0.5) is 13.6 Å². The van der Waals surface area contributed by atoms with Gasteiger partial charge < -0.3 is 15.0 Å². The Morgan fingerprint density at radius 1 is 1.24 bits per heavy atom. The first kappa shape index (κ1) is 15.2. The second-order valence-electron chi connectivity index (χ2n) is 4.83. The number of benzene rings is 1. The van der Waals surface area contributed by atoms with Gasteiger partial charge in [0.25, 0.3) is 5.91 Å². The maximum atomic E-state index is 13.1. The van der Waals surface area contributed by atoms with Gasteiger partial charge in [0.1, 0.15) is 0 Å². The van der Waals surface area contributed by atoms with E-state index in [1.165, 1.54) is 13.2 Å². The van der Waals surface area contributed by atoms with Crippen LogP contribution < -0.4 is 5.32 Å². The van der Waals surface area contributed by atoms with Crippen molar-refractivity contribution in [3.63, 3.8) is 0 Å². The summed E-state index contributed by atoms with van der Waals surface area (Å²) in [6, 6.07) is 3.05. The average molecular weight is 298 g/mol. The SMILES string of the molecule is COC(=O)NC1CCN(C(=O)c2ccc(F)c(F)c2)CC1. The van der Waals surface area contributed by atoms with Crippen molar-refractivity contribution in [2.75, 3.05) is 20.2 Å². The zero-order chi connectivity index (χ0) is 15.4. The Kier molecular flexibility index (Phi) is 4.72. The number of hydrogen-bond donors (Lipinski definition) is 1. The summed E-state index contributed by atoms with van der Waals surface area (Å²) in [6.45, 7) is 0.874. The zero-order valence-corrected chi connectivity index (χ0v) is 11.6. The number of ether oxygens (including phenoxy) is 1. The lowest BCUT2D eigenvalue weighted by molar-refractivity contribution is 0.0703. The minimum atomic E-state index is -1.04. The molecular formula is C14H16F2N2O3. The predicted octanol–water partition coefficient (Wildman–Crippen LogP) is 1.93. The lowest BCUT2D eigenvalue weighted by Gasteiger charge is -2.32. The number of amides is 2. The summed E-state index contributed by atoms with van der Waals surface area (Å²) in [7, 11) is 1.29. The number of carbonyl (C=O) groups is 2. The number of methoxy groups -OCH3 is 1. The summed E-state index contributed by atoms with van der Waals surface area (Å²) in [5.41, 5.74) is 0.119. The molecular weight excluding hydrogens is 282 g/mol. The summed E-state index contributed by atoms with van der Waals surface area (Å²) in [5.74, 6) is -2.36. The second kappa shape index (κ2) is 6.51. The van der Waals surface area contributed by atoms with Crippen molar-refractivity contribution in [1.82, 2.24) is 10.2 Å². The van der Waals surface area contributed by atoms with Crippen LogP contribution in [0.25, 0.3) is 0 Å². The van der Waals surface area contributed by atoms with Gasteiger partial charge in [0.15, 0.2) is 11.6 Å². The third-order valence-electron chi connectivity index (χ3n) is 3.46. The first-order valence-corrected chi connectivity index (χ1v) is 6.60. The molecule has 1 aromatic rings. The molecule has 114 valence electrons. The Bertz CT molecular complexity index is 543. The average Bonchev–Trinajstić information content (AvgIpc) is 2.50. The molecule has 0 saturated carbocycles. The van der Waals surface area contributed by atoms with Gasteiger partial charge in [-0.15, -0.1) is 0 Å². The zero-order valence-electron chi connectivity index (χ0n) is 11.6. The minimum absolute atomic E-state index is 0.0496. The molecule has 1 aromatic carbocycles. The summed E-state index contributed by atoms with van der Waals surface area (Å²) < 4.78 is 30.5. The summed E-state index contributed by atoms with van der Waals surface area (Å²) in [6.07, 6.45) is 0.676. The molecule has 0 radical (unpaired) electrons. The molecule has 0 unspecified atom stereocenters. The summed E-state index contributed by atoms with van der Waals surface area (Å²) >= 11 is 0. The van der Waals surface area contributed by atoms with Crippen LogP contribution in [0.1, 0.15) is 23.2 Å². The van der Waals surface area contributed by atoms with Gasteiger partial charge in [-0.25, -0.2) is 13.6 Å². The summed E-state index contributed by atoms with van der Waals surface area (Å²) in [4.78, 5) is 24.8. The summed E-state index contributed by atoms with van der Waals surface area (Å²) in [5, 5.41) is 2.68. The van der Waals surface area contributed by atoms with Crippen LogP contribution in [0.3, 0.4) is 0 Å². The van der Waals surface area contributed by atoms with Crippen LogP contribution in [0.5, 0.6) is 0 Å². The van der Waals surface area contributed by atoms with Crippen LogP contribution in [0.2, 0.25) is 0 Å². The number of hydrogen-bond acceptors (Lipinski definition) is 3. The van der Waals surface area contributed by atoms with E-state index in [4.69, 9.17) is 0 Å². The fourth-order valence-corrected chi connectivity index (χ4v) is 2.26. The van der Waals surface area contributed by atoms with Crippen molar-refractivity contribution >= 4 is 12.0 Å². The lowest BCUT2D eigenvalue weighted by atomic mass is 10.0. The van der Waals surface area contributed by atoms with E-state index in [0.29, 0.717) is 25.9 Å². The van der Waals surface area contributed by atoms with Crippen LogP contribution >= 0.6 is 0 Å². The molecule has 0 aliphatic carbocycles. The highest BCUT2D eigenvalue weighted by atomic mass is 19.2. The number of rotatable bonds is 2. The van der Waals surface area contributed by atoms with Crippen LogP contribution in [0, 0.1) is 11.6 Å². The highest BCUT2D eigenvalue weighted by Gasteiger charge is 2.25. The number of piperidine rings is 1. The van der Waals surface area contributed by atoms with Crippen molar-refractivity contribution in [2.24, 2.45) is 0 Å². The molecule has 1 N–H and O–H groups in total. The lowest BCUT2D eigenvalue weighted by Crippen LogP contribution is -2.46. The molecule has 2 amide bonds. The van der Waals surface area contributed by atoms with Gasteiger partial charge in [0.2, 0.25) is 0 Å². The van der Waals surface area contributed by atoms with Gasteiger partial charge in [-0.2, -0.15) is 0 Å². The van der Waals surface area contributed by atoms with E-state index in [1.54, 1.807) is 4.90 Å². The number of likely N-dealkylation sites (tertiary alicyclic amines) is 1. The first-order chi connectivity index (χ1) is 10.0. The second-order valence-corrected chi connectivity index (χ2v) is 4.83.